The van der Waals surface area contributed by atoms with E-state index in [-0.39, 0.29) is 5.75 Å². The van der Waals surface area contributed by atoms with Crippen molar-refractivity contribution in [1.82, 2.24) is 14.8 Å². The van der Waals surface area contributed by atoms with Gasteiger partial charge in [-0.15, -0.1) is 0 Å². The third kappa shape index (κ3) is 4.20. The molecule has 0 amide bonds. The molecule has 0 fully saturated rings. The fourth-order valence-corrected chi connectivity index (χ4v) is 3.63. The van der Waals surface area contributed by atoms with Crippen LogP contribution in [0.5, 0.6) is 0 Å². The summed E-state index contributed by atoms with van der Waals surface area (Å²) in [4.78, 5) is 4.09. The van der Waals surface area contributed by atoms with E-state index < -0.39 is 10.0 Å². The van der Waals surface area contributed by atoms with Gasteiger partial charge in [-0.3, -0.25) is 9.71 Å². The Balaban J connectivity index is 1.77. The molecule has 0 atom stereocenters. The Morgan fingerprint density at radius 2 is 1.59 bits per heavy atom. The van der Waals surface area contributed by atoms with E-state index in [4.69, 9.17) is 5.10 Å². The first-order chi connectivity index (χ1) is 14.1. The number of anilines is 1. The molecule has 0 spiro atoms. The molecule has 2 heterocycles. The van der Waals surface area contributed by atoms with Crippen molar-refractivity contribution in [3.05, 3.63) is 85.3 Å². The van der Waals surface area contributed by atoms with Gasteiger partial charge in [-0.1, -0.05) is 30.3 Å². The minimum absolute atomic E-state index is 0.0325. The number of rotatable bonds is 6. The Bertz CT molecular complexity index is 1200. The fraction of sp³-hybridized carbons (Fsp3) is 0.0909. The summed E-state index contributed by atoms with van der Waals surface area (Å²) in [5.41, 5.74) is 5.18. The average molecular weight is 404 g/mol. The lowest BCUT2D eigenvalue weighted by atomic mass is 10.0. The molecule has 7 heteroatoms. The zero-order chi connectivity index (χ0) is 20.3. The van der Waals surface area contributed by atoms with Crippen LogP contribution in [0, 0.1) is 0 Å². The van der Waals surface area contributed by atoms with Crippen molar-refractivity contribution >= 4 is 15.7 Å². The van der Waals surface area contributed by atoms with Crippen molar-refractivity contribution in [3.63, 3.8) is 0 Å². The lowest BCUT2D eigenvalue weighted by Crippen LogP contribution is -2.14. The number of para-hydroxylation sites is 1. The van der Waals surface area contributed by atoms with Crippen LogP contribution >= 0.6 is 0 Å². The number of benzene rings is 2. The van der Waals surface area contributed by atoms with Crippen molar-refractivity contribution in [2.45, 2.75) is 6.92 Å². The Morgan fingerprint density at radius 1 is 0.897 bits per heavy atom. The summed E-state index contributed by atoms with van der Waals surface area (Å²) >= 11 is 0. The first-order valence-corrected chi connectivity index (χ1v) is 10.9. The van der Waals surface area contributed by atoms with E-state index >= 15 is 0 Å². The van der Waals surface area contributed by atoms with Crippen LogP contribution in [-0.4, -0.2) is 28.9 Å². The monoisotopic (exact) mass is 404 g/mol. The number of pyridine rings is 1. The second kappa shape index (κ2) is 7.89. The summed E-state index contributed by atoms with van der Waals surface area (Å²) < 4.78 is 28.0. The van der Waals surface area contributed by atoms with E-state index in [1.54, 1.807) is 31.5 Å². The first kappa shape index (κ1) is 18.9. The van der Waals surface area contributed by atoms with Crippen molar-refractivity contribution in [3.8, 4) is 28.1 Å². The Morgan fingerprint density at radius 3 is 2.24 bits per heavy atom. The predicted octanol–water partition coefficient (Wildman–Crippen LogP) is 4.36. The summed E-state index contributed by atoms with van der Waals surface area (Å²) in [6.45, 7) is 1.61. The highest BCUT2D eigenvalue weighted by molar-refractivity contribution is 7.92. The summed E-state index contributed by atoms with van der Waals surface area (Å²) in [5.74, 6) is 0.0325. The van der Waals surface area contributed by atoms with Crippen LogP contribution in [0.4, 0.5) is 5.69 Å². The predicted molar refractivity (Wildman–Crippen MR) is 115 cm³/mol. The SMILES string of the molecule is CCS(=O)(=O)Nc1ccc(-c2cn(-c3ccccc3)nc2-c2ccncc2)cc1. The van der Waals surface area contributed by atoms with Gasteiger partial charge in [-0.05, 0) is 48.9 Å². The normalized spacial score (nSPS) is 11.3. The van der Waals surface area contributed by atoms with Crippen LogP contribution in [0.25, 0.3) is 28.1 Å². The second-order valence-corrected chi connectivity index (χ2v) is 8.50. The number of hydrogen-bond acceptors (Lipinski definition) is 4. The third-order valence-electron chi connectivity index (χ3n) is 4.54. The maximum Gasteiger partial charge on any atom is 0.232 e. The molecule has 0 aliphatic rings. The van der Waals surface area contributed by atoms with Crippen LogP contribution in [0.2, 0.25) is 0 Å². The molecule has 146 valence electrons. The van der Waals surface area contributed by atoms with Crippen molar-refractivity contribution < 1.29 is 8.42 Å². The quantitative estimate of drug-likeness (QED) is 0.518. The largest absolute Gasteiger partial charge is 0.284 e. The molecule has 4 rings (SSSR count). The van der Waals surface area contributed by atoms with Crippen molar-refractivity contribution in [1.29, 1.82) is 0 Å². The van der Waals surface area contributed by atoms with Gasteiger partial charge in [0.25, 0.3) is 0 Å². The zero-order valence-corrected chi connectivity index (χ0v) is 16.7. The topological polar surface area (TPSA) is 76.9 Å². The van der Waals surface area contributed by atoms with E-state index in [0.29, 0.717) is 5.69 Å². The highest BCUT2D eigenvalue weighted by Crippen LogP contribution is 2.32. The Kier molecular flexibility index (Phi) is 5.14. The van der Waals surface area contributed by atoms with Crippen LogP contribution in [0.15, 0.2) is 85.3 Å². The van der Waals surface area contributed by atoms with Gasteiger partial charge in [-0.2, -0.15) is 5.10 Å². The molecule has 6 nitrogen and oxygen atoms in total. The molecule has 0 bridgehead atoms. The Hall–Kier alpha value is -3.45. The molecular weight excluding hydrogens is 384 g/mol. The smallest absolute Gasteiger partial charge is 0.232 e. The van der Waals surface area contributed by atoms with Crippen molar-refractivity contribution in [2.75, 3.05) is 10.5 Å². The Labute approximate surface area is 169 Å². The zero-order valence-electron chi connectivity index (χ0n) is 15.9. The van der Waals surface area contributed by atoms with Gasteiger partial charge in [0.15, 0.2) is 0 Å². The average Bonchev–Trinajstić information content (AvgIpc) is 3.21. The highest BCUT2D eigenvalue weighted by atomic mass is 32.2. The summed E-state index contributed by atoms with van der Waals surface area (Å²) in [6, 6.07) is 21.1. The fourth-order valence-electron chi connectivity index (χ4n) is 2.99. The molecule has 0 aliphatic carbocycles. The molecule has 2 aromatic carbocycles. The van der Waals surface area contributed by atoms with Gasteiger partial charge in [-0.25, -0.2) is 13.1 Å². The minimum Gasteiger partial charge on any atom is -0.284 e. The van der Waals surface area contributed by atoms with Crippen LogP contribution in [0.1, 0.15) is 6.92 Å². The summed E-state index contributed by atoms with van der Waals surface area (Å²) in [6.07, 6.45) is 5.46. The molecule has 2 aromatic heterocycles. The molecule has 1 N–H and O–H groups in total. The number of nitrogens with zero attached hydrogens (tertiary/aromatic N) is 3. The van der Waals surface area contributed by atoms with Gasteiger partial charge in [0, 0.05) is 35.4 Å². The lowest BCUT2D eigenvalue weighted by molar-refractivity contribution is 0.602. The number of hydrogen-bond donors (Lipinski definition) is 1. The van der Waals surface area contributed by atoms with E-state index in [2.05, 4.69) is 9.71 Å². The number of aromatic nitrogens is 3. The highest BCUT2D eigenvalue weighted by Gasteiger charge is 2.14. The molecule has 0 radical (unpaired) electrons. The van der Waals surface area contributed by atoms with Gasteiger partial charge in [0.2, 0.25) is 10.0 Å². The van der Waals surface area contributed by atoms with E-state index in [0.717, 1.165) is 28.1 Å². The van der Waals surface area contributed by atoms with Gasteiger partial charge in [0.05, 0.1) is 11.4 Å². The van der Waals surface area contributed by atoms with E-state index in [1.807, 2.05) is 65.5 Å². The van der Waals surface area contributed by atoms with Crippen LogP contribution in [0.3, 0.4) is 0 Å². The van der Waals surface area contributed by atoms with Gasteiger partial charge < -0.3 is 0 Å². The molecular formula is C22H20N4O2S. The molecule has 0 saturated heterocycles. The molecule has 29 heavy (non-hydrogen) atoms. The third-order valence-corrected chi connectivity index (χ3v) is 5.84. The molecule has 0 saturated carbocycles. The molecule has 0 unspecified atom stereocenters. The molecule has 4 aromatic rings. The number of sulfonamides is 1. The summed E-state index contributed by atoms with van der Waals surface area (Å²) in [7, 11) is -3.31. The lowest BCUT2D eigenvalue weighted by Gasteiger charge is -2.07. The maximum absolute atomic E-state index is 11.8. The van der Waals surface area contributed by atoms with Crippen LogP contribution in [-0.2, 0) is 10.0 Å². The van der Waals surface area contributed by atoms with Crippen molar-refractivity contribution in [2.24, 2.45) is 0 Å². The van der Waals surface area contributed by atoms with Gasteiger partial charge in [0.1, 0.15) is 5.69 Å². The summed E-state index contributed by atoms with van der Waals surface area (Å²) in [5, 5.41) is 4.80. The number of nitrogens with one attached hydrogen (secondary N) is 1. The van der Waals surface area contributed by atoms with Gasteiger partial charge >= 0.3 is 0 Å². The van der Waals surface area contributed by atoms with E-state index in [1.165, 1.54) is 0 Å². The minimum atomic E-state index is -3.31. The van der Waals surface area contributed by atoms with E-state index in [9.17, 15) is 8.42 Å². The standard InChI is InChI=1S/C22H20N4O2S/c1-2-29(27,28)25-19-10-8-17(9-11-19)21-16-26(20-6-4-3-5-7-20)24-22(21)18-12-14-23-15-13-18/h3-16,25H,2H2,1H3. The second-order valence-electron chi connectivity index (χ2n) is 6.49. The maximum atomic E-state index is 11.8. The first-order valence-electron chi connectivity index (χ1n) is 9.22. The van der Waals surface area contributed by atoms with Crippen LogP contribution < -0.4 is 4.72 Å². The molecule has 0 aliphatic heterocycles.